The minimum atomic E-state index is -0.404. The van der Waals surface area contributed by atoms with E-state index in [1.165, 1.54) is 4.90 Å². The fraction of sp³-hybridized carbons (Fsp3) is 0. The van der Waals surface area contributed by atoms with Crippen molar-refractivity contribution in [2.75, 3.05) is 4.90 Å². The van der Waals surface area contributed by atoms with Crippen LogP contribution >= 0.6 is 0 Å². The van der Waals surface area contributed by atoms with Crippen LogP contribution in [0.3, 0.4) is 0 Å². The van der Waals surface area contributed by atoms with Crippen LogP contribution in [0.4, 0.5) is 11.5 Å². The van der Waals surface area contributed by atoms with Gasteiger partial charge >= 0.3 is 0 Å². The number of hydrogen-bond donors (Lipinski definition) is 0. The molecule has 0 N–H and O–H groups in total. The molecular weight excluding hydrogens is 689 g/mol. The van der Waals surface area contributed by atoms with Crippen LogP contribution in [0.15, 0.2) is 182 Å². The van der Waals surface area contributed by atoms with Gasteiger partial charge in [0.15, 0.2) is 5.69 Å². The summed E-state index contributed by atoms with van der Waals surface area (Å²) in [6.45, 7) is 7.62. The van der Waals surface area contributed by atoms with Gasteiger partial charge in [0, 0.05) is 27.5 Å². The first-order valence-corrected chi connectivity index (χ1v) is 18.3. The third-order valence-electron chi connectivity index (χ3n) is 10.6. The van der Waals surface area contributed by atoms with Crippen LogP contribution in [-0.2, 0) is 0 Å². The normalized spacial score (nSPS) is 12.3. The van der Waals surface area contributed by atoms with Crippen molar-refractivity contribution < 1.29 is 9.59 Å². The maximum atomic E-state index is 15.4. The first kappa shape index (κ1) is 32.7. The second kappa shape index (κ2) is 13.2. The van der Waals surface area contributed by atoms with Gasteiger partial charge < -0.3 is 9.41 Å². The van der Waals surface area contributed by atoms with Crippen LogP contribution in [0.2, 0.25) is 0 Å². The van der Waals surface area contributed by atoms with E-state index in [4.69, 9.17) is 6.57 Å². The van der Waals surface area contributed by atoms with Gasteiger partial charge in [-0.3, -0.25) is 9.59 Å². The molecule has 3 heterocycles. The molecule has 1 aliphatic heterocycles. The van der Waals surface area contributed by atoms with Crippen LogP contribution in [0.25, 0.3) is 77.0 Å². The van der Waals surface area contributed by atoms with Gasteiger partial charge in [0.1, 0.15) is 0 Å². The van der Waals surface area contributed by atoms with Crippen LogP contribution in [0.1, 0.15) is 20.7 Å². The average Bonchev–Trinajstić information content (AvgIpc) is 3.74. The molecular formula is C50H30N4O2. The van der Waals surface area contributed by atoms with Crippen molar-refractivity contribution in [3.8, 4) is 50.3 Å². The Morgan fingerprint density at radius 2 is 1.05 bits per heavy atom. The van der Waals surface area contributed by atoms with Gasteiger partial charge in [0.2, 0.25) is 0 Å². The number of rotatable bonds is 6. The highest BCUT2D eigenvalue weighted by molar-refractivity contribution is 6.37. The fourth-order valence-electron chi connectivity index (χ4n) is 8.12. The molecule has 0 aliphatic carbocycles. The molecule has 0 unspecified atom stereocenters. The number of nitrogens with zero attached hydrogens (tertiary/aromatic N) is 4. The number of aromatic nitrogens is 2. The zero-order valence-electron chi connectivity index (χ0n) is 29.9. The number of carbonyl (C=O) groups is 2. The van der Waals surface area contributed by atoms with E-state index in [1.54, 1.807) is 12.1 Å². The number of fused-ring (bicyclic) bond motifs is 4. The molecule has 0 spiro atoms. The third kappa shape index (κ3) is 5.14. The Labute approximate surface area is 323 Å². The van der Waals surface area contributed by atoms with E-state index >= 15 is 4.79 Å². The van der Waals surface area contributed by atoms with Gasteiger partial charge in [-0.1, -0.05) is 140 Å². The molecule has 2 aromatic heterocycles. The SMILES string of the molecule is [C-]#[N+]c1cccc(-c2cccc3c4ccccc4n(-c4cccc5c4C(=O)N(c4c(-c6ccccc6)cc(-c6ccccc6)cc4-c4ccccc4)C5=O)c23)n1. The van der Waals surface area contributed by atoms with E-state index in [1.807, 2.05) is 133 Å². The maximum Gasteiger partial charge on any atom is 0.270 e. The third-order valence-corrected chi connectivity index (χ3v) is 10.6. The molecule has 262 valence electrons. The van der Waals surface area contributed by atoms with Crippen molar-refractivity contribution in [2.45, 2.75) is 0 Å². The van der Waals surface area contributed by atoms with Gasteiger partial charge in [-0.15, -0.1) is 4.98 Å². The van der Waals surface area contributed by atoms with E-state index in [0.717, 1.165) is 60.8 Å². The first-order chi connectivity index (χ1) is 27.6. The van der Waals surface area contributed by atoms with Crippen molar-refractivity contribution in [3.63, 3.8) is 0 Å². The Balaban J connectivity index is 1.25. The number of carbonyl (C=O) groups excluding carboxylic acids is 2. The summed E-state index contributed by atoms with van der Waals surface area (Å²) in [5.41, 5.74) is 10.2. The Hall–Kier alpha value is -7.88. The van der Waals surface area contributed by atoms with Crippen molar-refractivity contribution in [1.29, 1.82) is 0 Å². The van der Waals surface area contributed by atoms with E-state index in [2.05, 4.69) is 50.8 Å². The Morgan fingerprint density at radius 3 is 1.73 bits per heavy atom. The van der Waals surface area contributed by atoms with Crippen molar-refractivity contribution >= 4 is 45.1 Å². The zero-order valence-corrected chi connectivity index (χ0v) is 29.9. The smallest absolute Gasteiger partial charge is 0.270 e. The van der Waals surface area contributed by atoms with Crippen molar-refractivity contribution in [1.82, 2.24) is 9.55 Å². The van der Waals surface area contributed by atoms with Crippen molar-refractivity contribution in [2.24, 2.45) is 0 Å². The molecule has 0 saturated carbocycles. The Bertz CT molecular complexity index is 3010. The predicted molar refractivity (Wildman–Crippen MR) is 224 cm³/mol. The Kier molecular flexibility index (Phi) is 7.72. The number of anilines is 1. The topological polar surface area (TPSA) is 59.6 Å². The molecule has 2 amide bonds. The summed E-state index contributed by atoms with van der Waals surface area (Å²) in [6, 6.07) is 59.2. The first-order valence-electron chi connectivity index (χ1n) is 18.3. The number of amides is 2. The van der Waals surface area contributed by atoms with Crippen molar-refractivity contribution in [3.05, 3.63) is 205 Å². The van der Waals surface area contributed by atoms with Crippen LogP contribution < -0.4 is 4.90 Å². The van der Waals surface area contributed by atoms with Gasteiger partial charge in [-0.05, 0) is 70.8 Å². The maximum absolute atomic E-state index is 15.4. The summed E-state index contributed by atoms with van der Waals surface area (Å²) in [6.07, 6.45) is 0. The molecule has 1 aliphatic rings. The second-order valence-electron chi connectivity index (χ2n) is 13.7. The summed E-state index contributed by atoms with van der Waals surface area (Å²) < 4.78 is 2.08. The van der Waals surface area contributed by atoms with E-state index in [-0.39, 0.29) is 5.91 Å². The fourth-order valence-corrected chi connectivity index (χ4v) is 8.12. The lowest BCUT2D eigenvalue weighted by molar-refractivity contribution is 0.0926. The monoisotopic (exact) mass is 718 g/mol. The van der Waals surface area contributed by atoms with Crippen LogP contribution in [-0.4, -0.2) is 21.4 Å². The van der Waals surface area contributed by atoms with Gasteiger partial charge in [0.25, 0.3) is 17.6 Å². The second-order valence-corrected chi connectivity index (χ2v) is 13.7. The van der Waals surface area contributed by atoms with E-state index in [9.17, 15) is 4.79 Å². The average molecular weight is 719 g/mol. The molecule has 0 atom stereocenters. The van der Waals surface area contributed by atoms with E-state index < -0.39 is 5.91 Å². The standard InChI is InChI=1S/C50H30N4O2/c1-51-45-29-15-26-42(52-45)38-24-13-23-37-36-22-11-12-27-43(36)53(47(37)38)44-28-14-25-39-46(44)50(56)54(49(39)55)48-40(33-18-7-3-8-19-33)30-35(32-16-5-2-6-17-32)31-41(48)34-20-9-4-10-21-34/h2-31H. The van der Waals surface area contributed by atoms with Crippen LogP contribution in [0.5, 0.6) is 0 Å². The number of hydrogen-bond acceptors (Lipinski definition) is 3. The molecule has 0 radical (unpaired) electrons. The predicted octanol–water partition coefficient (Wildman–Crippen LogP) is 12.2. The van der Waals surface area contributed by atoms with Gasteiger partial charge in [-0.25, -0.2) is 4.90 Å². The van der Waals surface area contributed by atoms with Gasteiger partial charge in [0.05, 0.1) is 33.5 Å². The minimum Gasteiger partial charge on any atom is -0.361 e. The highest BCUT2D eigenvalue weighted by atomic mass is 16.2. The molecule has 6 heteroatoms. The highest BCUT2D eigenvalue weighted by Gasteiger charge is 2.42. The summed E-state index contributed by atoms with van der Waals surface area (Å²) in [7, 11) is 0. The molecule has 10 rings (SSSR count). The summed E-state index contributed by atoms with van der Waals surface area (Å²) in [4.78, 5) is 40.0. The molecule has 0 saturated heterocycles. The lowest BCUT2D eigenvalue weighted by atomic mass is 9.90. The zero-order chi connectivity index (χ0) is 37.8. The van der Waals surface area contributed by atoms with E-state index in [0.29, 0.717) is 34.0 Å². The summed E-state index contributed by atoms with van der Waals surface area (Å²) in [5.74, 6) is -0.499. The summed E-state index contributed by atoms with van der Waals surface area (Å²) in [5, 5.41) is 1.96. The lowest BCUT2D eigenvalue weighted by Crippen LogP contribution is -2.30. The molecule has 0 fully saturated rings. The quantitative estimate of drug-likeness (QED) is 0.127. The molecule has 56 heavy (non-hydrogen) atoms. The molecule has 6 nitrogen and oxygen atoms in total. The number of para-hydroxylation sites is 2. The molecule has 7 aromatic carbocycles. The van der Waals surface area contributed by atoms with Gasteiger partial charge in [-0.2, -0.15) is 0 Å². The Morgan fingerprint density at radius 1 is 0.482 bits per heavy atom. The minimum absolute atomic E-state index is 0.293. The number of pyridine rings is 1. The number of imide groups is 1. The van der Waals surface area contributed by atoms with Crippen LogP contribution in [0, 0.1) is 6.57 Å². The molecule has 0 bridgehead atoms. The largest absolute Gasteiger partial charge is 0.361 e. The molecule has 9 aromatic rings. The summed E-state index contributed by atoms with van der Waals surface area (Å²) >= 11 is 0. The highest BCUT2D eigenvalue weighted by Crippen LogP contribution is 2.47. The number of benzene rings is 7. The lowest BCUT2D eigenvalue weighted by Gasteiger charge is -2.24.